The summed E-state index contributed by atoms with van der Waals surface area (Å²) in [6, 6.07) is 0. The molecule has 0 aliphatic rings. The van der Waals surface area contributed by atoms with Crippen LogP contribution in [-0.4, -0.2) is 41.5 Å². The Morgan fingerprint density at radius 2 is 2.32 bits per heavy atom. The van der Waals surface area contributed by atoms with Crippen LogP contribution in [0.25, 0.3) is 0 Å². The Balaban J connectivity index is 2.47. The first kappa shape index (κ1) is 16.0. The number of thiazole rings is 1. The Bertz CT molecular complexity index is 434. The third-order valence-electron chi connectivity index (χ3n) is 2.43. The molecule has 0 fully saturated rings. The van der Waals surface area contributed by atoms with Gasteiger partial charge in [0.15, 0.2) is 0 Å². The highest BCUT2D eigenvalue weighted by Gasteiger charge is 2.16. The predicted octanol–water partition coefficient (Wildman–Crippen LogP) is 2.19. The molecule has 0 saturated heterocycles. The summed E-state index contributed by atoms with van der Waals surface area (Å²) < 4.78 is 4.82. The second-order valence-corrected chi connectivity index (χ2v) is 5.98. The summed E-state index contributed by atoms with van der Waals surface area (Å²) in [5, 5.41) is 5.08. The van der Waals surface area contributed by atoms with Gasteiger partial charge in [0, 0.05) is 17.2 Å². The molecule has 1 unspecified atom stereocenters. The summed E-state index contributed by atoms with van der Waals surface area (Å²) in [4.78, 5) is 27.2. The molecule has 1 heterocycles. The summed E-state index contributed by atoms with van der Waals surface area (Å²) >= 11 is 2.88. The highest BCUT2D eigenvalue weighted by atomic mass is 32.2. The lowest BCUT2D eigenvalue weighted by molar-refractivity contribution is 0.0526. The molecule has 1 amide bonds. The molecule has 0 aromatic carbocycles. The van der Waals surface area contributed by atoms with Crippen molar-refractivity contribution >= 4 is 35.0 Å². The molecule has 1 N–H and O–H groups in total. The maximum absolute atomic E-state index is 11.8. The lowest BCUT2D eigenvalue weighted by Gasteiger charge is -2.07. The third kappa shape index (κ3) is 5.20. The van der Waals surface area contributed by atoms with Crippen LogP contribution in [0.2, 0.25) is 0 Å². The largest absolute Gasteiger partial charge is 0.461 e. The zero-order chi connectivity index (χ0) is 14.3. The number of nitrogens with one attached hydrogen (secondary N) is 1. The van der Waals surface area contributed by atoms with E-state index in [-0.39, 0.29) is 16.6 Å². The first-order valence-corrected chi connectivity index (χ1v) is 8.18. The monoisotopic (exact) mass is 302 g/mol. The van der Waals surface area contributed by atoms with Gasteiger partial charge in [-0.1, -0.05) is 6.92 Å². The Hall–Kier alpha value is -1.08. The lowest BCUT2D eigenvalue weighted by Crippen LogP contribution is -2.26. The molecule has 0 aliphatic carbocycles. The summed E-state index contributed by atoms with van der Waals surface area (Å²) in [6.07, 6.45) is 2.94. The molecule has 1 aromatic rings. The third-order valence-corrected chi connectivity index (χ3v) is 4.29. The molecule has 7 heteroatoms. The molecule has 1 aromatic heterocycles. The number of thioether (sulfide) groups is 1. The van der Waals surface area contributed by atoms with Crippen molar-refractivity contribution < 1.29 is 14.3 Å². The van der Waals surface area contributed by atoms with E-state index >= 15 is 0 Å². The van der Waals surface area contributed by atoms with Gasteiger partial charge in [-0.05, 0) is 19.6 Å². The number of rotatable bonds is 7. The number of aromatic nitrogens is 1. The van der Waals surface area contributed by atoms with E-state index < -0.39 is 5.97 Å². The first-order valence-electron chi connectivity index (χ1n) is 6.02. The maximum atomic E-state index is 11.8. The van der Waals surface area contributed by atoms with Gasteiger partial charge in [0.05, 0.1) is 6.61 Å². The number of ether oxygens (including phenoxy) is 1. The predicted molar refractivity (Wildman–Crippen MR) is 78.0 cm³/mol. The van der Waals surface area contributed by atoms with Crippen LogP contribution in [0.1, 0.15) is 40.6 Å². The number of hydrogen-bond acceptors (Lipinski definition) is 6. The average molecular weight is 302 g/mol. The summed E-state index contributed by atoms with van der Waals surface area (Å²) in [6.45, 7) is 4.74. The quantitative estimate of drug-likeness (QED) is 0.782. The molecule has 1 atom stereocenters. The van der Waals surface area contributed by atoms with Gasteiger partial charge in [-0.2, -0.15) is 11.8 Å². The van der Waals surface area contributed by atoms with E-state index in [0.29, 0.717) is 18.4 Å². The van der Waals surface area contributed by atoms with Gasteiger partial charge in [-0.3, -0.25) is 4.79 Å². The van der Waals surface area contributed by atoms with E-state index in [1.165, 1.54) is 0 Å². The van der Waals surface area contributed by atoms with Crippen LogP contribution in [0.4, 0.5) is 0 Å². The van der Waals surface area contributed by atoms with Crippen LogP contribution in [0.5, 0.6) is 0 Å². The maximum Gasteiger partial charge on any atom is 0.367 e. The van der Waals surface area contributed by atoms with Crippen LogP contribution in [0.15, 0.2) is 5.38 Å². The minimum absolute atomic E-state index is 0.212. The first-order chi connectivity index (χ1) is 9.08. The van der Waals surface area contributed by atoms with E-state index in [2.05, 4.69) is 17.2 Å². The van der Waals surface area contributed by atoms with E-state index in [0.717, 1.165) is 17.8 Å². The Labute approximate surface area is 121 Å². The lowest BCUT2D eigenvalue weighted by atomic mass is 10.3. The Morgan fingerprint density at radius 1 is 1.58 bits per heavy atom. The summed E-state index contributed by atoms with van der Waals surface area (Å²) in [5.41, 5.74) is 0.268. The molecule has 106 valence electrons. The van der Waals surface area contributed by atoms with Crippen LogP contribution in [0.3, 0.4) is 0 Å². The molecule has 0 aliphatic heterocycles. The number of amides is 1. The van der Waals surface area contributed by atoms with Crippen LogP contribution in [0, 0.1) is 0 Å². The van der Waals surface area contributed by atoms with Crippen LogP contribution in [-0.2, 0) is 4.74 Å². The van der Waals surface area contributed by atoms with E-state index in [1.807, 2.05) is 6.26 Å². The molecule has 0 radical (unpaired) electrons. The summed E-state index contributed by atoms with van der Waals surface area (Å²) in [7, 11) is 0. The van der Waals surface area contributed by atoms with Crippen molar-refractivity contribution in [1.29, 1.82) is 0 Å². The Kier molecular flexibility index (Phi) is 6.86. The van der Waals surface area contributed by atoms with Crippen molar-refractivity contribution in [1.82, 2.24) is 10.3 Å². The van der Waals surface area contributed by atoms with E-state index in [9.17, 15) is 9.59 Å². The fourth-order valence-corrected chi connectivity index (χ4v) is 2.30. The molecule has 0 bridgehead atoms. The second kappa shape index (κ2) is 8.16. The minimum atomic E-state index is -0.484. The van der Waals surface area contributed by atoms with Crippen molar-refractivity contribution in [2.45, 2.75) is 25.5 Å². The zero-order valence-electron chi connectivity index (χ0n) is 11.3. The van der Waals surface area contributed by atoms with Gasteiger partial charge in [0.2, 0.25) is 5.01 Å². The Morgan fingerprint density at radius 3 is 2.95 bits per heavy atom. The number of hydrogen-bond donors (Lipinski definition) is 1. The van der Waals surface area contributed by atoms with Crippen molar-refractivity contribution in [2.75, 3.05) is 19.4 Å². The van der Waals surface area contributed by atoms with Crippen molar-refractivity contribution in [3.63, 3.8) is 0 Å². The molecule has 0 spiro atoms. The molecule has 1 rings (SSSR count). The highest BCUT2D eigenvalue weighted by molar-refractivity contribution is 7.99. The van der Waals surface area contributed by atoms with Gasteiger partial charge in [-0.15, -0.1) is 11.3 Å². The second-order valence-electron chi connectivity index (χ2n) is 3.85. The number of nitrogens with zero attached hydrogens (tertiary/aromatic N) is 1. The number of carbonyl (C=O) groups is 2. The standard InChI is InChI=1S/C12H18N2O3S2/c1-4-17-12(16)11-14-9(7-19-11)10(15)13-6-5-8(2)18-3/h7-8H,4-6H2,1-3H3,(H,13,15). The van der Waals surface area contributed by atoms with E-state index in [1.54, 1.807) is 24.1 Å². The van der Waals surface area contributed by atoms with Crippen molar-refractivity contribution in [2.24, 2.45) is 0 Å². The van der Waals surface area contributed by atoms with Gasteiger partial charge < -0.3 is 10.1 Å². The normalized spacial score (nSPS) is 11.9. The van der Waals surface area contributed by atoms with Crippen LogP contribution >= 0.6 is 23.1 Å². The van der Waals surface area contributed by atoms with Crippen LogP contribution < -0.4 is 5.32 Å². The average Bonchev–Trinajstić information content (AvgIpc) is 2.88. The number of esters is 1. The number of carbonyl (C=O) groups excluding carboxylic acids is 2. The van der Waals surface area contributed by atoms with Gasteiger partial charge in [0.1, 0.15) is 5.69 Å². The molecular weight excluding hydrogens is 284 g/mol. The fourth-order valence-electron chi connectivity index (χ4n) is 1.26. The smallest absolute Gasteiger partial charge is 0.367 e. The highest BCUT2D eigenvalue weighted by Crippen LogP contribution is 2.12. The zero-order valence-corrected chi connectivity index (χ0v) is 12.9. The minimum Gasteiger partial charge on any atom is -0.461 e. The molecular formula is C12H18N2O3S2. The van der Waals surface area contributed by atoms with Crippen molar-refractivity contribution in [3.8, 4) is 0 Å². The van der Waals surface area contributed by atoms with Gasteiger partial charge in [0.25, 0.3) is 5.91 Å². The fraction of sp³-hybridized carbons (Fsp3) is 0.583. The SMILES string of the molecule is CCOC(=O)c1nc(C(=O)NCCC(C)SC)cs1. The molecule has 0 saturated carbocycles. The summed E-state index contributed by atoms with van der Waals surface area (Å²) in [5.74, 6) is -0.734. The van der Waals surface area contributed by atoms with Gasteiger partial charge in [-0.25, -0.2) is 9.78 Å². The van der Waals surface area contributed by atoms with E-state index in [4.69, 9.17) is 4.74 Å². The topological polar surface area (TPSA) is 68.3 Å². The molecule has 5 nitrogen and oxygen atoms in total. The van der Waals surface area contributed by atoms with Crippen molar-refractivity contribution in [3.05, 3.63) is 16.1 Å². The molecule has 19 heavy (non-hydrogen) atoms. The van der Waals surface area contributed by atoms with Gasteiger partial charge >= 0.3 is 5.97 Å².